The normalized spacial score (nSPS) is 10.9. The number of aryl methyl sites for hydroxylation is 1. The number of amides is 1. The Kier molecular flexibility index (Phi) is 6.04. The van der Waals surface area contributed by atoms with Gasteiger partial charge in [-0.2, -0.15) is 11.8 Å². The average Bonchev–Trinajstić information content (AvgIpc) is 2.57. The summed E-state index contributed by atoms with van der Waals surface area (Å²) in [6.45, 7) is 3.44. The Labute approximate surface area is 138 Å². The van der Waals surface area contributed by atoms with Crippen molar-refractivity contribution in [1.82, 2.24) is 14.7 Å². The summed E-state index contributed by atoms with van der Waals surface area (Å²) in [6.07, 6.45) is 2.19. The monoisotopic (exact) mass is 335 g/mol. The molecule has 1 N–H and O–H groups in total. The summed E-state index contributed by atoms with van der Waals surface area (Å²) in [5.41, 5.74) is -0.595. The Hall–Kier alpha value is -2.02. The number of fused-ring (bicyclic) bond motifs is 1. The van der Waals surface area contributed by atoms with Gasteiger partial charge < -0.3 is 4.90 Å². The Morgan fingerprint density at radius 1 is 1.26 bits per heavy atom. The van der Waals surface area contributed by atoms with E-state index in [0.29, 0.717) is 23.9 Å². The van der Waals surface area contributed by atoms with Crippen LogP contribution < -0.4 is 11.1 Å². The van der Waals surface area contributed by atoms with Gasteiger partial charge in [0.2, 0.25) is 5.91 Å². The van der Waals surface area contributed by atoms with Gasteiger partial charge in [-0.15, -0.1) is 0 Å². The molecule has 0 atom stereocenters. The first kappa shape index (κ1) is 17.3. The van der Waals surface area contributed by atoms with E-state index >= 15 is 0 Å². The van der Waals surface area contributed by atoms with Crippen molar-refractivity contribution < 1.29 is 4.79 Å². The number of nitrogens with one attached hydrogen (secondary N) is 1. The standard InChI is InChI=1S/C16H21N3O3S/c1-3-18(10-11-23-2)14(20)8-9-19-16(22)13-7-5-4-6-12(13)15(21)17-19/h4-7H,3,8-11H2,1-2H3,(H,17,21). The lowest BCUT2D eigenvalue weighted by Crippen LogP contribution is -2.35. The molecule has 7 heteroatoms. The van der Waals surface area contributed by atoms with Crippen LogP contribution in [0.4, 0.5) is 0 Å². The first-order valence-electron chi connectivity index (χ1n) is 7.57. The summed E-state index contributed by atoms with van der Waals surface area (Å²) in [4.78, 5) is 38.4. The van der Waals surface area contributed by atoms with E-state index in [9.17, 15) is 14.4 Å². The topological polar surface area (TPSA) is 75.2 Å². The number of rotatable bonds is 7. The second kappa shape index (κ2) is 8.01. The minimum Gasteiger partial charge on any atom is -0.342 e. The first-order valence-corrected chi connectivity index (χ1v) is 8.96. The van der Waals surface area contributed by atoms with Gasteiger partial charge in [0.1, 0.15) is 0 Å². The van der Waals surface area contributed by atoms with Crippen molar-refractivity contribution >= 4 is 28.4 Å². The number of carbonyl (C=O) groups is 1. The molecule has 6 nitrogen and oxygen atoms in total. The number of thioether (sulfide) groups is 1. The molecule has 1 amide bonds. The number of benzene rings is 1. The van der Waals surface area contributed by atoms with E-state index in [1.807, 2.05) is 13.2 Å². The van der Waals surface area contributed by atoms with Gasteiger partial charge in [0.05, 0.1) is 17.3 Å². The molecular formula is C16H21N3O3S. The first-order chi connectivity index (χ1) is 11.1. The zero-order valence-electron chi connectivity index (χ0n) is 13.4. The van der Waals surface area contributed by atoms with Gasteiger partial charge in [0, 0.05) is 25.3 Å². The molecule has 1 aromatic carbocycles. The van der Waals surface area contributed by atoms with Crippen LogP contribution in [0.5, 0.6) is 0 Å². The number of aromatic nitrogens is 2. The highest BCUT2D eigenvalue weighted by Crippen LogP contribution is 2.03. The molecular weight excluding hydrogens is 314 g/mol. The lowest BCUT2D eigenvalue weighted by atomic mass is 10.2. The van der Waals surface area contributed by atoms with Crippen molar-refractivity contribution in [1.29, 1.82) is 0 Å². The maximum Gasteiger partial charge on any atom is 0.273 e. The molecule has 0 saturated heterocycles. The highest BCUT2D eigenvalue weighted by Gasteiger charge is 2.13. The van der Waals surface area contributed by atoms with Gasteiger partial charge in [-0.05, 0) is 25.3 Å². The van der Waals surface area contributed by atoms with Crippen LogP contribution in [0, 0.1) is 0 Å². The summed E-state index contributed by atoms with van der Waals surface area (Å²) in [5.74, 6) is 0.870. The highest BCUT2D eigenvalue weighted by atomic mass is 32.2. The fourth-order valence-electron chi connectivity index (χ4n) is 2.43. The van der Waals surface area contributed by atoms with Crippen molar-refractivity contribution in [3.05, 3.63) is 45.0 Å². The van der Waals surface area contributed by atoms with E-state index in [2.05, 4.69) is 5.10 Å². The fraction of sp³-hybridized carbons (Fsp3) is 0.438. The predicted octanol–water partition coefficient (Wildman–Crippen LogP) is 1.29. The van der Waals surface area contributed by atoms with Crippen LogP contribution in [0.15, 0.2) is 33.9 Å². The van der Waals surface area contributed by atoms with Crippen LogP contribution in [-0.2, 0) is 11.3 Å². The van der Waals surface area contributed by atoms with Gasteiger partial charge in [-0.3, -0.25) is 19.5 Å². The van der Waals surface area contributed by atoms with Gasteiger partial charge in [0.15, 0.2) is 0 Å². The minimum absolute atomic E-state index is 0.0116. The van der Waals surface area contributed by atoms with E-state index in [1.165, 1.54) is 4.68 Å². The maximum atomic E-state index is 12.4. The van der Waals surface area contributed by atoms with Gasteiger partial charge >= 0.3 is 0 Å². The van der Waals surface area contributed by atoms with Crippen molar-refractivity contribution in [3.63, 3.8) is 0 Å². The number of aromatic amines is 1. The molecule has 23 heavy (non-hydrogen) atoms. The smallest absolute Gasteiger partial charge is 0.273 e. The van der Waals surface area contributed by atoms with E-state index in [0.717, 1.165) is 5.75 Å². The van der Waals surface area contributed by atoms with Crippen LogP contribution >= 0.6 is 11.8 Å². The van der Waals surface area contributed by atoms with Crippen LogP contribution in [0.25, 0.3) is 10.8 Å². The number of hydrogen-bond acceptors (Lipinski definition) is 4. The molecule has 0 aliphatic carbocycles. The van der Waals surface area contributed by atoms with E-state index in [4.69, 9.17) is 0 Å². The molecule has 0 radical (unpaired) electrons. The van der Waals surface area contributed by atoms with Crippen molar-refractivity contribution in [2.45, 2.75) is 19.9 Å². The van der Waals surface area contributed by atoms with Crippen LogP contribution in [-0.4, -0.2) is 45.7 Å². The molecule has 0 aliphatic heterocycles. The lowest BCUT2D eigenvalue weighted by molar-refractivity contribution is -0.131. The zero-order chi connectivity index (χ0) is 16.8. The van der Waals surface area contributed by atoms with E-state index in [-0.39, 0.29) is 30.0 Å². The minimum atomic E-state index is -0.317. The fourth-order valence-corrected chi connectivity index (χ4v) is 2.83. The molecule has 2 aromatic rings. The third-order valence-electron chi connectivity index (χ3n) is 3.73. The van der Waals surface area contributed by atoms with Crippen LogP contribution in [0.1, 0.15) is 13.3 Å². The average molecular weight is 335 g/mol. The quantitative estimate of drug-likeness (QED) is 0.827. The third kappa shape index (κ3) is 4.04. The third-order valence-corrected chi connectivity index (χ3v) is 4.32. The van der Waals surface area contributed by atoms with Crippen molar-refractivity contribution in [2.75, 3.05) is 25.1 Å². The number of hydrogen-bond donors (Lipinski definition) is 1. The molecule has 1 aromatic heterocycles. The molecule has 124 valence electrons. The predicted molar refractivity (Wildman–Crippen MR) is 94.1 cm³/mol. The second-order valence-corrected chi connectivity index (χ2v) is 6.15. The summed E-state index contributed by atoms with van der Waals surface area (Å²) in [6, 6.07) is 6.68. The Morgan fingerprint density at radius 3 is 2.61 bits per heavy atom. The molecule has 0 fully saturated rings. The molecule has 0 bridgehead atoms. The zero-order valence-corrected chi connectivity index (χ0v) is 14.2. The summed E-state index contributed by atoms with van der Waals surface area (Å²) < 4.78 is 1.23. The van der Waals surface area contributed by atoms with Crippen molar-refractivity contribution in [2.24, 2.45) is 0 Å². The summed E-state index contributed by atoms with van der Waals surface area (Å²) in [7, 11) is 0. The SMILES string of the molecule is CCN(CCSC)C(=O)CCn1[nH]c(=O)c2ccccc2c1=O. The van der Waals surface area contributed by atoms with Gasteiger partial charge in [0.25, 0.3) is 11.1 Å². The number of carbonyl (C=O) groups excluding carboxylic acids is 1. The highest BCUT2D eigenvalue weighted by molar-refractivity contribution is 7.98. The van der Waals surface area contributed by atoms with Crippen molar-refractivity contribution in [3.8, 4) is 0 Å². The number of nitrogens with zero attached hydrogens (tertiary/aromatic N) is 2. The Bertz CT molecular complexity index is 797. The molecule has 2 rings (SSSR count). The molecule has 0 saturated carbocycles. The lowest BCUT2D eigenvalue weighted by Gasteiger charge is -2.20. The van der Waals surface area contributed by atoms with E-state index in [1.54, 1.807) is 40.9 Å². The number of H-pyrrole nitrogens is 1. The molecule has 0 spiro atoms. The van der Waals surface area contributed by atoms with Gasteiger partial charge in [-0.25, -0.2) is 4.68 Å². The molecule has 0 aliphatic rings. The maximum absolute atomic E-state index is 12.4. The molecule has 0 unspecified atom stereocenters. The van der Waals surface area contributed by atoms with E-state index < -0.39 is 0 Å². The Balaban J connectivity index is 2.16. The largest absolute Gasteiger partial charge is 0.342 e. The van der Waals surface area contributed by atoms with Crippen LogP contribution in [0.2, 0.25) is 0 Å². The van der Waals surface area contributed by atoms with Crippen LogP contribution in [0.3, 0.4) is 0 Å². The summed E-state index contributed by atoms with van der Waals surface area (Å²) in [5, 5.41) is 3.29. The van der Waals surface area contributed by atoms with Gasteiger partial charge in [-0.1, -0.05) is 12.1 Å². The Morgan fingerprint density at radius 2 is 1.96 bits per heavy atom. The summed E-state index contributed by atoms with van der Waals surface area (Å²) >= 11 is 1.69. The molecule has 1 heterocycles. The second-order valence-electron chi connectivity index (χ2n) is 5.16.